The molecule has 2 aliphatic rings. The largest absolute Gasteiger partial charge is 0.338 e. The lowest BCUT2D eigenvalue weighted by molar-refractivity contribution is 0.0595. The third-order valence-corrected chi connectivity index (χ3v) is 11.1. The minimum atomic E-state index is -3.50. The maximum absolute atomic E-state index is 13.4. The summed E-state index contributed by atoms with van der Waals surface area (Å²) in [5.41, 5.74) is 1.59. The number of carbonyl (C=O) groups is 1. The second kappa shape index (κ2) is 12.2. The molecule has 6 nitrogen and oxygen atoms in total. The number of halogens is 2. The highest BCUT2D eigenvalue weighted by atomic mass is 35.5. The molecule has 0 aliphatic carbocycles. The fraction of sp³-hybridized carbons (Fsp3) is 0.387. The van der Waals surface area contributed by atoms with Crippen molar-refractivity contribution in [2.24, 2.45) is 0 Å². The van der Waals surface area contributed by atoms with E-state index in [2.05, 4.69) is 4.90 Å². The molecule has 40 heavy (non-hydrogen) atoms. The molecule has 0 radical (unpaired) electrons. The SMILES string of the molecule is CN(C1CN(CCCC2(c3ccc(Cl)c(Cl)c3)CCCN(C(=O)c3ccccc3)C2)C1)S(=O)(=O)c1ccccc1. The molecule has 1 unspecified atom stereocenters. The molecule has 3 aromatic carbocycles. The summed E-state index contributed by atoms with van der Waals surface area (Å²) < 4.78 is 27.5. The zero-order valence-electron chi connectivity index (χ0n) is 22.7. The van der Waals surface area contributed by atoms with Crippen LogP contribution in [-0.2, 0) is 15.4 Å². The molecule has 0 bridgehead atoms. The number of sulfonamides is 1. The van der Waals surface area contributed by atoms with E-state index in [4.69, 9.17) is 23.2 Å². The second-order valence-corrected chi connectivity index (χ2v) is 13.8. The third kappa shape index (κ3) is 6.09. The van der Waals surface area contributed by atoms with Crippen molar-refractivity contribution in [3.63, 3.8) is 0 Å². The Morgan fingerprint density at radius 2 is 1.65 bits per heavy atom. The van der Waals surface area contributed by atoms with Crippen LogP contribution in [0, 0.1) is 0 Å². The van der Waals surface area contributed by atoms with E-state index in [1.807, 2.05) is 59.5 Å². The topological polar surface area (TPSA) is 60.9 Å². The average Bonchev–Trinajstić information content (AvgIpc) is 2.96. The fourth-order valence-electron chi connectivity index (χ4n) is 6.03. The molecule has 212 valence electrons. The van der Waals surface area contributed by atoms with E-state index < -0.39 is 10.0 Å². The predicted molar refractivity (Wildman–Crippen MR) is 161 cm³/mol. The predicted octanol–water partition coefficient (Wildman–Crippen LogP) is 5.95. The van der Waals surface area contributed by atoms with Gasteiger partial charge in [0.2, 0.25) is 10.0 Å². The summed E-state index contributed by atoms with van der Waals surface area (Å²) in [7, 11) is -1.83. The first-order valence-electron chi connectivity index (χ1n) is 13.7. The quantitative estimate of drug-likeness (QED) is 0.305. The summed E-state index contributed by atoms with van der Waals surface area (Å²) in [6, 6.07) is 23.9. The summed E-state index contributed by atoms with van der Waals surface area (Å²) in [6.45, 7) is 3.64. The van der Waals surface area contributed by atoms with Gasteiger partial charge < -0.3 is 9.80 Å². The van der Waals surface area contributed by atoms with Crippen LogP contribution in [-0.4, -0.2) is 74.2 Å². The highest BCUT2D eigenvalue weighted by Gasteiger charge is 2.40. The van der Waals surface area contributed by atoms with Crippen LogP contribution in [0.1, 0.15) is 41.6 Å². The van der Waals surface area contributed by atoms with Crippen LogP contribution >= 0.6 is 23.2 Å². The lowest BCUT2D eigenvalue weighted by atomic mass is 9.71. The van der Waals surface area contributed by atoms with Crippen LogP contribution in [0.3, 0.4) is 0 Å². The first-order chi connectivity index (χ1) is 19.2. The molecular weight excluding hydrogens is 565 g/mol. The van der Waals surface area contributed by atoms with Crippen LogP contribution in [0.2, 0.25) is 10.0 Å². The number of hydrogen-bond donors (Lipinski definition) is 0. The molecule has 0 aromatic heterocycles. The lowest BCUT2D eigenvalue weighted by Crippen LogP contribution is -2.59. The summed E-state index contributed by atoms with van der Waals surface area (Å²) >= 11 is 12.7. The second-order valence-electron chi connectivity index (χ2n) is 11.0. The smallest absolute Gasteiger partial charge is 0.253 e. The molecule has 0 saturated carbocycles. The Kier molecular flexibility index (Phi) is 8.88. The maximum atomic E-state index is 13.4. The molecule has 1 atom stereocenters. The van der Waals surface area contributed by atoms with Crippen molar-refractivity contribution in [1.82, 2.24) is 14.1 Å². The normalized spacial score (nSPS) is 20.4. The number of rotatable bonds is 9. The average molecular weight is 601 g/mol. The monoisotopic (exact) mass is 599 g/mol. The summed E-state index contributed by atoms with van der Waals surface area (Å²) in [5.74, 6) is 0.0537. The number of amides is 1. The minimum absolute atomic E-state index is 0.0390. The number of likely N-dealkylation sites (tertiary alicyclic amines) is 2. The van der Waals surface area contributed by atoms with Crippen LogP contribution in [0.4, 0.5) is 0 Å². The molecule has 0 N–H and O–H groups in total. The first kappa shape index (κ1) is 29.1. The van der Waals surface area contributed by atoms with Crippen molar-refractivity contribution in [2.75, 3.05) is 39.8 Å². The van der Waals surface area contributed by atoms with Gasteiger partial charge in [0.15, 0.2) is 0 Å². The highest BCUT2D eigenvalue weighted by molar-refractivity contribution is 7.89. The molecule has 2 aliphatic heterocycles. The van der Waals surface area contributed by atoms with E-state index >= 15 is 0 Å². The van der Waals surface area contributed by atoms with Crippen molar-refractivity contribution in [3.8, 4) is 0 Å². The number of nitrogens with zero attached hydrogens (tertiary/aromatic N) is 3. The van der Waals surface area contributed by atoms with Gasteiger partial charge in [-0.05, 0) is 74.2 Å². The number of carbonyl (C=O) groups excluding carboxylic acids is 1. The van der Waals surface area contributed by atoms with Gasteiger partial charge in [-0.25, -0.2) is 8.42 Å². The Morgan fingerprint density at radius 3 is 2.33 bits per heavy atom. The summed E-state index contributed by atoms with van der Waals surface area (Å²) in [4.78, 5) is 18.0. The zero-order chi connectivity index (χ0) is 28.3. The molecule has 1 amide bonds. The van der Waals surface area contributed by atoms with Gasteiger partial charge in [-0.15, -0.1) is 0 Å². The number of hydrogen-bond acceptors (Lipinski definition) is 4. The van der Waals surface area contributed by atoms with E-state index in [0.717, 1.165) is 44.3 Å². The molecule has 9 heteroatoms. The van der Waals surface area contributed by atoms with Crippen molar-refractivity contribution in [2.45, 2.75) is 42.0 Å². The van der Waals surface area contributed by atoms with E-state index in [-0.39, 0.29) is 17.4 Å². The van der Waals surface area contributed by atoms with E-state index in [9.17, 15) is 13.2 Å². The van der Waals surface area contributed by atoms with Crippen LogP contribution < -0.4 is 0 Å². The molecule has 0 spiro atoms. The van der Waals surface area contributed by atoms with Gasteiger partial charge in [0.05, 0.1) is 21.0 Å². The zero-order valence-corrected chi connectivity index (χ0v) is 25.0. The Labute approximate surface area is 247 Å². The Balaban J connectivity index is 1.25. The van der Waals surface area contributed by atoms with Crippen LogP contribution in [0.25, 0.3) is 0 Å². The maximum Gasteiger partial charge on any atom is 0.253 e. The van der Waals surface area contributed by atoms with Crippen molar-refractivity contribution >= 4 is 39.1 Å². The third-order valence-electron chi connectivity index (χ3n) is 8.42. The van der Waals surface area contributed by atoms with Gasteiger partial charge in [0.1, 0.15) is 0 Å². The van der Waals surface area contributed by atoms with E-state index in [1.54, 1.807) is 31.3 Å². The van der Waals surface area contributed by atoms with Crippen molar-refractivity contribution in [3.05, 3.63) is 100 Å². The highest BCUT2D eigenvalue weighted by Crippen LogP contribution is 2.41. The van der Waals surface area contributed by atoms with E-state index in [1.165, 1.54) is 4.31 Å². The Morgan fingerprint density at radius 1 is 0.975 bits per heavy atom. The number of piperidine rings is 1. The first-order valence-corrected chi connectivity index (χ1v) is 15.9. The molecule has 2 saturated heterocycles. The van der Waals surface area contributed by atoms with Gasteiger partial charge in [-0.2, -0.15) is 4.31 Å². The van der Waals surface area contributed by atoms with Gasteiger partial charge in [0.25, 0.3) is 5.91 Å². The summed E-state index contributed by atoms with van der Waals surface area (Å²) in [5, 5.41) is 1.05. The lowest BCUT2D eigenvalue weighted by Gasteiger charge is -2.46. The van der Waals surface area contributed by atoms with Crippen molar-refractivity contribution < 1.29 is 13.2 Å². The van der Waals surface area contributed by atoms with Crippen molar-refractivity contribution in [1.29, 1.82) is 0 Å². The molecule has 3 aromatic rings. The van der Waals surface area contributed by atoms with Gasteiger partial charge in [-0.1, -0.05) is 65.7 Å². The molecule has 5 rings (SSSR count). The molecular formula is C31H35Cl2N3O3S. The molecule has 2 fully saturated rings. The van der Waals surface area contributed by atoms with Gasteiger partial charge >= 0.3 is 0 Å². The summed E-state index contributed by atoms with van der Waals surface area (Å²) in [6.07, 6.45) is 3.69. The Bertz CT molecular complexity index is 1430. The standard InChI is InChI=1S/C31H35Cl2N3O3S/c1-34(40(38,39)27-12-6-3-7-13-27)26-21-35(22-26)18-8-16-31(25-14-15-28(32)29(33)20-25)17-9-19-36(23-31)30(37)24-10-4-2-5-11-24/h2-7,10-15,20,26H,8-9,16-19,21-23H2,1H3. The minimum Gasteiger partial charge on any atom is -0.338 e. The Hall–Kier alpha value is -2.42. The van der Waals surface area contributed by atoms with Crippen LogP contribution in [0.15, 0.2) is 83.8 Å². The number of likely N-dealkylation sites (N-methyl/N-ethyl adjacent to an activating group) is 1. The fourth-order valence-corrected chi connectivity index (χ4v) is 7.69. The number of benzene rings is 3. The van der Waals surface area contributed by atoms with E-state index in [0.29, 0.717) is 40.1 Å². The van der Waals surface area contributed by atoms with Crippen LogP contribution in [0.5, 0.6) is 0 Å². The van der Waals surface area contributed by atoms with Gasteiger partial charge in [0, 0.05) is 44.2 Å². The molecule has 2 heterocycles. The van der Waals surface area contributed by atoms with Gasteiger partial charge in [-0.3, -0.25) is 4.79 Å².